The molecule has 1 amide bonds. The molecule has 0 spiro atoms. The van der Waals surface area contributed by atoms with E-state index in [9.17, 15) is 22.0 Å². The molecule has 0 aliphatic rings. The van der Waals surface area contributed by atoms with Crippen molar-refractivity contribution < 1.29 is 22.0 Å². The van der Waals surface area contributed by atoms with E-state index in [4.69, 9.17) is 0 Å². The summed E-state index contributed by atoms with van der Waals surface area (Å²) in [4.78, 5) is 13.6. The first-order valence-electron chi connectivity index (χ1n) is 6.99. The van der Waals surface area contributed by atoms with Crippen molar-refractivity contribution in [1.82, 2.24) is 4.90 Å². The second kappa shape index (κ2) is 7.17. The van der Waals surface area contributed by atoms with Gasteiger partial charge < -0.3 is 4.90 Å². The Morgan fingerprint density at radius 2 is 1.50 bits per heavy atom. The second-order valence-corrected chi connectivity index (χ2v) is 7.53. The third-order valence-electron chi connectivity index (χ3n) is 3.24. The highest BCUT2D eigenvalue weighted by Crippen LogP contribution is 2.19. The van der Waals surface area contributed by atoms with Crippen molar-refractivity contribution in [3.63, 3.8) is 0 Å². The fourth-order valence-electron chi connectivity index (χ4n) is 2.34. The molecule has 0 saturated heterocycles. The number of carbonyl (C=O) groups excluding carboxylic acids is 1. The Labute approximate surface area is 130 Å². The molecule has 0 fully saturated rings. The SMILES string of the molecule is CC(C)N(C(=O)Cc1ccc(S(=O)(=O)C(F)F)cc1)C(C)C. The van der Waals surface area contributed by atoms with Crippen LogP contribution >= 0.6 is 0 Å². The number of alkyl halides is 2. The third-order valence-corrected chi connectivity index (χ3v) is 4.64. The van der Waals surface area contributed by atoms with E-state index in [0.717, 1.165) is 12.1 Å². The molecule has 1 aromatic rings. The second-order valence-electron chi connectivity index (χ2n) is 5.61. The Morgan fingerprint density at radius 1 is 1.05 bits per heavy atom. The molecule has 0 unspecified atom stereocenters. The summed E-state index contributed by atoms with van der Waals surface area (Å²) in [6, 6.07) is 5.10. The lowest BCUT2D eigenvalue weighted by molar-refractivity contribution is -0.134. The largest absolute Gasteiger partial charge is 0.341 e. The Hall–Kier alpha value is -1.50. The zero-order valence-electron chi connectivity index (χ0n) is 13.1. The van der Waals surface area contributed by atoms with Crippen LogP contribution in [0, 0.1) is 0 Å². The lowest BCUT2D eigenvalue weighted by atomic mass is 10.1. The minimum absolute atomic E-state index is 0.0472. The molecule has 0 N–H and O–H groups in total. The van der Waals surface area contributed by atoms with E-state index in [-0.39, 0.29) is 24.4 Å². The Bertz CT molecular complexity index is 602. The van der Waals surface area contributed by atoms with Gasteiger partial charge in [0, 0.05) is 12.1 Å². The van der Waals surface area contributed by atoms with E-state index in [1.807, 2.05) is 27.7 Å². The molecule has 1 rings (SSSR count). The standard InChI is InChI=1S/C15H21F2NO3S/c1-10(2)18(11(3)4)14(19)9-12-5-7-13(8-6-12)22(20,21)15(16)17/h5-8,10-11,15H,9H2,1-4H3. The summed E-state index contributed by atoms with van der Waals surface area (Å²) in [5.74, 6) is -3.54. The molecule has 0 saturated carbocycles. The number of hydrogen-bond donors (Lipinski definition) is 0. The molecule has 4 nitrogen and oxygen atoms in total. The zero-order valence-corrected chi connectivity index (χ0v) is 13.9. The molecule has 0 heterocycles. The van der Waals surface area contributed by atoms with E-state index in [1.165, 1.54) is 12.1 Å². The molecule has 22 heavy (non-hydrogen) atoms. The molecule has 0 radical (unpaired) electrons. The zero-order chi connectivity index (χ0) is 17.1. The molecule has 0 aliphatic heterocycles. The van der Waals surface area contributed by atoms with E-state index >= 15 is 0 Å². The van der Waals surface area contributed by atoms with Crippen LogP contribution in [-0.4, -0.2) is 37.1 Å². The number of halogens is 2. The van der Waals surface area contributed by atoms with E-state index in [0.29, 0.717) is 5.56 Å². The minimum atomic E-state index is -4.59. The number of carbonyl (C=O) groups is 1. The summed E-state index contributed by atoms with van der Waals surface area (Å²) in [5, 5.41) is 0. The Morgan fingerprint density at radius 3 is 1.86 bits per heavy atom. The van der Waals surface area contributed by atoms with Crippen molar-refractivity contribution in [2.24, 2.45) is 0 Å². The van der Waals surface area contributed by atoms with Gasteiger partial charge in [0.15, 0.2) is 0 Å². The number of rotatable bonds is 6. The normalized spacial score (nSPS) is 12.2. The smallest absolute Gasteiger partial charge is 0.338 e. The van der Waals surface area contributed by atoms with Crippen LogP contribution < -0.4 is 0 Å². The molecule has 124 valence electrons. The number of benzene rings is 1. The van der Waals surface area contributed by atoms with Crippen LogP contribution in [0.2, 0.25) is 0 Å². The van der Waals surface area contributed by atoms with E-state index in [2.05, 4.69) is 0 Å². The highest BCUT2D eigenvalue weighted by Gasteiger charge is 2.26. The maximum Gasteiger partial charge on any atom is 0.341 e. The monoisotopic (exact) mass is 333 g/mol. The summed E-state index contributed by atoms with van der Waals surface area (Å²) < 4.78 is 47.5. The van der Waals surface area contributed by atoms with Crippen LogP contribution in [0.25, 0.3) is 0 Å². The van der Waals surface area contributed by atoms with Crippen molar-refractivity contribution in [3.8, 4) is 0 Å². The van der Waals surface area contributed by atoms with E-state index in [1.54, 1.807) is 4.90 Å². The van der Waals surface area contributed by atoms with Gasteiger partial charge in [-0.3, -0.25) is 4.79 Å². The molecular weight excluding hydrogens is 312 g/mol. The fourth-order valence-corrected chi connectivity index (χ4v) is 3.06. The summed E-state index contributed by atoms with van der Waals surface area (Å²) in [6.07, 6.45) is 0.103. The minimum Gasteiger partial charge on any atom is -0.338 e. The highest BCUT2D eigenvalue weighted by atomic mass is 32.2. The van der Waals surface area contributed by atoms with Crippen LogP contribution in [-0.2, 0) is 21.1 Å². The maximum absolute atomic E-state index is 12.4. The number of nitrogens with zero attached hydrogens (tertiary/aromatic N) is 1. The lowest BCUT2D eigenvalue weighted by Gasteiger charge is -2.31. The number of amides is 1. The van der Waals surface area contributed by atoms with Gasteiger partial charge in [-0.25, -0.2) is 8.42 Å². The van der Waals surface area contributed by atoms with Gasteiger partial charge in [0.05, 0.1) is 11.3 Å². The first kappa shape index (κ1) is 18.5. The highest BCUT2D eigenvalue weighted by molar-refractivity contribution is 7.91. The third kappa shape index (κ3) is 4.25. The van der Waals surface area contributed by atoms with Gasteiger partial charge in [0.25, 0.3) is 0 Å². The van der Waals surface area contributed by atoms with Gasteiger partial charge in [-0.1, -0.05) is 12.1 Å². The molecule has 7 heteroatoms. The molecule has 1 aromatic carbocycles. The van der Waals surface area contributed by atoms with Crippen molar-refractivity contribution in [1.29, 1.82) is 0 Å². The summed E-state index contributed by atoms with van der Waals surface area (Å²) >= 11 is 0. The van der Waals surface area contributed by atoms with Gasteiger partial charge in [-0.15, -0.1) is 0 Å². The fraction of sp³-hybridized carbons (Fsp3) is 0.533. The van der Waals surface area contributed by atoms with Crippen molar-refractivity contribution in [2.75, 3.05) is 0 Å². The Balaban J connectivity index is 2.91. The van der Waals surface area contributed by atoms with Crippen molar-refractivity contribution >= 4 is 15.7 Å². The molecule has 0 bridgehead atoms. The first-order chi connectivity index (χ1) is 10.1. The van der Waals surface area contributed by atoms with Gasteiger partial charge in [-0.2, -0.15) is 8.78 Å². The van der Waals surface area contributed by atoms with Crippen LogP contribution in [0.5, 0.6) is 0 Å². The maximum atomic E-state index is 12.4. The molecule has 0 aliphatic carbocycles. The number of hydrogen-bond acceptors (Lipinski definition) is 3. The van der Waals surface area contributed by atoms with Crippen molar-refractivity contribution in [2.45, 2.75) is 56.9 Å². The van der Waals surface area contributed by atoms with Crippen LogP contribution in [0.1, 0.15) is 33.3 Å². The van der Waals surface area contributed by atoms with Crippen LogP contribution in [0.15, 0.2) is 29.2 Å². The van der Waals surface area contributed by atoms with Gasteiger partial charge in [-0.05, 0) is 45.4 Å². The predicted molar refractivity (Wildman–Crippen MR) is 80.5 cm³/mol. The van der Waals surface area contributed by atoms with Gasteiger partial charge in [0.2, 0.25) is 15.7 Å². The van der Waals surface area contributed by atoms with Crippen LogP contribution in [0.4, 0.5) is 8.78 Å². The molecular formula is C15H21F2NO3S. The Kier molecular flexibility index (Phi) is 6.05. The molecule has 0 aromatic heterocycles. The average molecular weight is 333 g/mol. The lowest BCUT2D eigenvalue weighted by Crippen LogP contribution is -2.42. The average Bonchev–Trinajstić information content (AvgIpc) is 2.37. The summed E-state index contributed by atoms with van der Waals surface area (Å²) in [5.41, 5.74) is 0.588. The van der Waals surface area contributed by atoms with Gasteiger partial charge in [0.1, 0.15) is 0 Å². The number of sulfone groups is 1. The predicted octanol–water partition coefficient (Wildman–Crippen LogP) is 2.87. The first-order valence-corrected chi connectivity index (χ1v) is 8.54. The van der Waals surface area contributed by atoms with E-state index < -0.39 is 20.5 Å². The topological polar surface area (TPSA) is 54.5 Å². The summed E-state index contributed by atoms with van der Waals surface area (Å²) in [6.45, 7) is 7.65. The molecule has 0 atom stereocenters. The van der Waals surface area contributed by atoms with Gasteiger partial charge >= 0.3 is 5.76 Å². The van der Waals surface area contributed by atoms with Crippen LogP contribution in [0.3, 0.4) is 0 Å². The summed E-state index contributed by atoms with van der Waals surface area (Å²) in [7, 11) is -4.59. The van der Waals surface area contributed by atoms with Crippen molar-refractivity contribution in [3.05, 3.63) is 29.8 Å². The quantitative estimate of drug-likeness (QED) is 0.804.